The van der Waals surface area contributed by atoms with Crippen molar-refractivity contribution >= 4 is 11.2 Å². The van der Waals surface area contributed by atoms with Gasteiger partial charge in [-0.15, -0.1) is 0 Å². The number of aromatic nitrogens is 3. The average Bonchev–Trinajstić information content (AvgIpc) is 2.96. The van der Waals surface area contributed by atoms with Crippen molar-refractivity contribution in [2.24, 2.45) is 0 Å². The molecule has 3 aromatic rings. The summed E-state index contributed by atoms with van der Waals surface area (Å²) in [4.78, 5) is 9.23. The van der Waals surface area contributed by atoms with Crippen molar-refractivity contribution in [2.45, 2.75) is 31.9 Å². The van der Waals surface area contributed by atoms with Gasteiger partial charge in [0, 0.05) is 12.8 Å². The first kappa shape index (κ1) is 14.3. The van der Waals surface area contributed by atoms with Gasteiger partial charge in [-0.2, -0.15) is 0 Å². The van der Waals surface area contributed by atoms with E-state index in [1.165, 1.54) is 12.1 Å². The van der Waals surface area contributed by atoms with Crippen molar-refractivity contribution in [1.82, 2.24) is 14.5 Å². The number of nitrogens with zero attached hydrogens (tertiary/aromatic N) is 3. The van der Waals surface area contributed by atoms with Gasteiger partial charge in [-0.1, -0.05) is 12.1 Å². The molecule has 0 spiro atoms. The molecule has 0 radical (unpaired) electrons. The smallest absolute Gasteiger partial charge is 0.160 e. The number of ether oxygens (including phenoxy) is 1. The predicted octanol–water partition coefficient (Wildman–Crippen LogP) is 3.86. The third kappa shape index (κ3) is 2.84. The molecule has 1 unspecified atom stereocenters. The first-order chi connectivity index (χ1) is 11.3. The number of hydrogen-bond acceptors (Lipinski definition) is 3. The van der Waals surface area contributed by atoms with Gasteiger partial charge < -0.3 is 9.30 Å². The Morgan fingerprint density at radius 2 is 2.04 bits per heavy atom. The van der Waals surface area contributed by atoms with E-state index >= 15 is 0 Å². The molecule has 0 amide bonds. The fourth-order valence-corrected chi connectivity index (χ4v) is 3.09. The fraction of sp³-hybridized carbons (Fsp3) is 0.333. The first-order valence-electron chi connectivity index (χ1n) is 7.98. The predicted molar refractivity (Wildman–Crippen MR) is 85.6 cm³/mol. The molecule has 118 valence electrons. The van der Waals surface area contributed by atoms with E-state index in [1.807, 2.05) is 12.1 Å². The SMILES string of the molecule is Fc1ccc(Cn2c(C3CCCCO3)nc3cccnc32)cc1. The normalized spacial score (nSPS) is 18.4. The fourth-order valence-electron chi connectivity index (χ4n) is 3.09. The lowest BCUT2D eigenvalue weighted by atomic mass is 10.1. The molecule has 1 aliphatic heterocycles. The standard InChI is InChI=1S/C18H18FN3O/c19-14-8-6-13(7-9-14)12-22-17-15(4-3-10-20-17)21-18(22)16-5-1-2-11-23-16/h3-4,6-10,16H,1-2,5,11-12H2. The first-order valence-corrected chi connectivity index (χ1v) is 7.98. The Morgan fingerprint density at radius 1 is 1.17 bits per heavy atom. The second kappa shape index (κ2) is 6.08. The number of pyridine rings is 1. The van der Waals surface area contributed by atoms with Crippen LogP contribution in [0.2, 0.25) is 0 Å². The van der Waals surface area contributed by atoms with E-state index in [9.17, 15) is 4.39 Å². The van der Waals surface area contributed by atoms with Crippen molar-refractivity contribution in [2.75, 3.05) is 6.61 Å². The van der Waals surface area contributed by atoms with Gasteiger partial charge in [-0.3, -0.25) is 0 Å². The zero-order valence-corrected chi connectivity index (χ0v) is 12.8. The van der Waals surface area contributed by atoms with Gasteiger partial charge in [0.2, 0.25) is 0 Å². The highest BCUT2D eigenvalue weighted by Crippen LogP contribution is 2.30. The molecule has 4 rings (SSSR count). The molecule has 5 heteroatoms. The van der Waals surface area contributed by atoms with Crippen LogP contribution >= 0.6 is 0 Å². The van der Waals surface area contributed by atoms with Gasteiger partial charge >= 0.3 is 0 Å². The third-order valence-electron chi connectivity index (χ3n) is 4.25. The van der Waals surface area contributed by atoms with Gasteiger partial charge in [0.15, 0.2) is 5.65 Å². The molecule has 3 heterocycles. The molecule has 1 atom stereocenters. The molecule has 4 nitrogen and oxygen atoms in total. The van der Waals surface area contributed by atoms with Crippen LogP contribution in [0, 0.1) is 5.82 Å². The minimum Gasteiger partial charge on any atom is -0.370 e. The maximum atomic E-state index is 13.1. The molecule has 0 aliphatic carbocycles. The monoisotopic (exact) mass is 311 g/mol. The Kier molecular flexibility index (Phi) is 3.79. The zero-order valence-electron chi connectivity index (χ0n) is 12.8. The highest BCUT2D eigenvalue weighted by molar-refractivity contribution is 5.71. The largest absolute Gasteiger partial charge is 0.370 e. The minimum atomic E-state index is -0.224. The maximum absolute atomic E-state index is 13.1. The Balaban J connectivity index is 1.77. The van der Waals surface area contributed by atoms with Gasteiger partial charge in [0.05, 0.1) is 6.54 Å². The Morgan fingerprint density at radius 3 is 2.83 bits per heavy atom. The Hall–Kier alpha value is -2.27. The van der Waals surface area contributed by atoms with Crippen molar-refractivity contribution in [3.63, 3.8) is 0 Å². The summed E-state index contributed by atoms with van der Waals surface area (Å²) in [5, 5.41) is 0. The molecule has 0 saturated carbocycles. The van der Waals surface area contributed by atoms with Gasteiger partial charge in [0.1, 0.15) is 23.3 Å². The van der Waals surface area contributed by atoms with Gasteiger partial charge in [-0.25, -0.2) is 14.4 Å². The topological polar surface area (TPSA) is 39.9 Å². The molecule has 1 saturated heterocycles. The molecular weight excluding hydrogens is 293 g/mol. The number of halogens is 1. The Bertz CT molecular complexity index is 807. The number of fused-ring (bicyclic) bond motifs is 1. The van der Waals surface area contributed by atoms with Crippen LogP contribution in [0.3, 0.4) is 0 Å². The summed E-state index contributed by atoms with van der Waals surface area (Å²) in [6.45, 7) is 1.39. The Labute approximate surface area is 133 Å². The summed E-state index contributed by atoms with van der Waals surface area (Å²) < 4.78 is 21.2. The number of benzene rings is 1. The van der Waals surface area contributed by atoms with Gasteiger partial charge in [-0.05, 0) is 49.1 Å². The second-order valence-electron chi connectivity index (χ2n) is 5.88. The molecule has 1 aromatic carbocycles. The highest BCUT2D eigenvalue weighted by Gasteiger charge is 2.23. The summed E-state index contributed by atoms with van der Waals surface area (Å²) >= 11 is 0. The summed E-state index contributed by atoms with van der Waals surface area (Å²) in [6, 6.07) is 10.4. The molecule has 2 aromatic heterocycles. The zero-order chi connectivity index (χ0) is 15.6. The number of hydrogen-bond donors (Lipinski definition) is 0. The highest BCUT2D eigenvalue weighted by atomic mass is 19.1. The molecule has 0 bridgehead atoms. The van der Waals surface area contributed by atoms with E-state index in [0.717, 1.165) is 48.4 Å². The van der Waals surface area contributed by atoms with Crippen LogP contribution < -0.4 is 0 Å². The van der Waals surface area contributed by atoms with Crippen LogP contribution in [0.1, 0.15) is 36.8 Å². The van der Waals surface area contributed by atoms with Crippen LogP contribution in [0.5, 0.6) is 0 Å². The van der Waals surface area contributed by atoms with E-state index in [4.69, 9.17) is 9.72 Å². The number of rotatable bonds is 3. The van der Waals surface area contributed by atoms with Crippen LogP contribution in [0.25, 0.3) is 11.2 Å². The van der Waals surface area contributed by atoms with Crippen molar-refractivity contribution in [3.8, 4) is 0 Å². The van der Waals surface area contributed by atoms with Crippen LogP contribution in [0.4, 0.5) is 4.39 Å². The number of imidazole rings is 1. The molecule has 1 fully saturated rings. The van der Waals surface area contributed by atoms with E-state index in [2.05, 4.69) is 9.55 Å². The van der Waals surface area contributed by atoms with Crippen LogP contribution in [0.15, 0.2) is 42.6 Å². The minimum absolute atomic E-state index is 0.0124. The van der Waals surface area contributed by atoms with E-state index in [0.29, 0.717) is 6.54 Å². The van der Waals surface area contributed by atoms with Gasteiger partial charge in [0.25, 0.3) is 0 Å². The summed E-state index contributed by atoms with van der Waals surface area (Å²) in [5.41, 5.74) is 2.74. The molecule has 23 heavy (non-hydrogen) atoms. The van der Waals surface area contributed by atoms with Crippen LogP contribution in [-0.4, -0.2) is 21.1 Å². The lowest BCUT2D eigenvalue weighted by molar-refractivity contribution is 0.00783. The summed E-state index contributed by atoms with van der Waals surface area (Å²) in [5.74, 6) is 0.695. The molecular formula is C18H18FN3O. The van der Waals surface area contributed by atoms with E-state index in [-0.39, 0.29) is 11.9 Å². The summed E-state index contributed by atoms with van der Waals surface area (Å²) in [7, 11) is 0. The summed E-state index contributed by atoms with van der Waals surface area (Å²) in [6.07, 6.45) is 5.02. The second-order valence-corrected chi connectivity index (χ2v) is 5.88. The van der Waals surface area contributed by atoms with Crippen molar-refractivity contribution in [1.29, 1.82) is 0 Å². The van der Waals surface area contributed by atoms with Crippen LogP contribution in [-0.2, 0) is 11.3 Å². The lowest BCUT2D eigenvalue weighted by Crippen LogP contribution is -2.17. The van der Waals surface area contributed by atoms with E-state index < -0.39 is 0 Å². The van der Waals surface area contributed by atoms with Crippen molar-refractivity contribution < 1.29 is 9.13 Å². The maximum Gasteiger partial charge on any atom is 0.160 e. The average molecular weight is 311 g/mol. The van der Waals surface area contributed by atoms with E-state index in [1.54, 1.807) is 18.3 Å². The quantitative estimate of drug-likeness (QED) is 0.737. The third-order valence-corrected chi connectivity index (χ3v) is 4.25. The molecule has 0 N–H and O–H groups in total. The molecule has 1 aliphatic rings. The van der Waals surface area contributed by atoms with Crippen molar-refractivity contribution in [3.05, 3.63) is 59.8 Å². The lowest BCUT2D eigenvalue weighted by Gasteiger charge is -2.23.